The first-order chi connectivity index (χ1) is 7.15. The predicted molar refractivity (Wildman–Crippen MR) is 66.6 cm³/mol. The molecule has 0 saturated heterocycles. The van der Waals surface area contributed by atoms with Crippen LogP contribution in [-0.4, -0.2) is 16.4 Å². The number of hydrogen-bond acceptors (Lipinski definition) is 2. The second kappa shape index (κ2) is 5.36. The van der Waals surface area contributed by atoms with Crippen LogP contribution >= 0.6 is 11.6 Å². The first-order valence-corrected chi connectivity index (χ1v) is 5.96. The normalized spacial score (nSPS) is 11.5. The zero-order valence-corrected chi connectivity index (χ0v) is 10.4. The van der Waals surface area contributed by atoms with Crippen molar-refractivity contribution in [3.8, 4) is 0 Å². The van der Waals surface area contributed by atoms with Gasteiger partial charge in [-0.2, -0.15) is 0 Å². The van der Waals surface area contributed by atoms with Gasteiger partial charge in [0.1, 0.15) is 5.82 Å². The molecule has 0 aliphatic carbocycles. The number of hydrogen-bond donors (Lipinski definition) is 1. The molecule has 0 bridgehead atoms. The maximum atomic E-state index is 6.02. The molecule has 0 spiro atoms. The van der Waals surface area contributed by atoms with Crippen molar-refractivity contribution in [3.63, 3.8) is 0 Å². The molecule has 0 aliphatic rings. The summed E-state index contributed by atoms with van der Waals surface area (Å²) < 4.78 is 0. The van der Waals surface area contributed by atoms with E-state index in [1.165, 1.54) is 5.56 Å². The van der Waals surface area contributed by atoms with Crippen molar-refractivity contribution in [1.82, 2.24) is 4.98 Å². The van der Waals surface area contributed by atoms with Gasteiger partial charge in [0.15, 0.2) is 0 Å². The predicted octanol–water partition coefficient (Wildman–Crippen LogP) is 3.60. The van der Waals surface area contributed by atoms with E-state index in [1.807, 2.05) is 19.2 Å². The highest BCUT2D eigenvalue weighted by Crippen LogP contribution is 2.22. The molecule has 0 saturated carbocycles. The number of nitrogens with zero attached hydrogens (tertiary/aromatic N) is 1. The highest BCUT2D eigenvalue weighted by atomic mass is 35.5. The molecule has 1 heterocycles. The lowest BCUT2D eigenvalue weighted by atomic mass is 9.95. The lowest BCUT2D eigenvalue weighted by Crippen LogP contribution is -2.39. The van der Waals surface area contributed by atoms with E-state index in [0.29, 0.717) is 5.88 Å². The molecule has 0 amide bonds. The lowest BCUT2D eigenvalue weighted by Gasteiger charge is -2.31. The summed E-state index contributed by atoms with van der Waals surface area (Å²) in [7, 11) is 0. The van der Waals surface area contributed by atoms with Crippen molar-refractivity contribution < 1.29 is 0 Å². The summed E-state index contributed by atoms with van der Waals surface area (Å²) in [5.74, 6) is 1.51. The van der Waals surface area contributed by atoms with Crippen LogP contribution in [0.2, 0.25) is 0 Å². The molecule has 0 aliphatic heterocycles. The fourth-order valence-corrected chi connectivity index (χ4v) is 1.91. The second-order valence-electron chi connectivity index (χ2n) is 3.97. The maximum absolute atomic E-state index is 6.02. The van der Waals surface area contributed by atoms with Gasteiger partial charge in [0.2, 0.25) is 0 Å². The smallest absolute Gasteiger partial charge is 0.126 e. The van der Waals surface area contributed by atoms with Crippen molar-refractivity contribution in [2.24, 2.45) is 0 Å². The molecule has 15 heavy (non-hydrogen) atoms. The van der Waals surface area contributed by atoms with Crippen LogP contribution in [-0.2, 0) is 0 Å². The number of aryl methyl sites for hydroxylation is 1. The summed E-state index contributed by atoms with van der Waals surface area (Å²) in [6, 6.07) is 4.06. The molecule has 0 unspecified atom stereocenters. The van der Waals surface area contributed by atoms with Crippen molar-refractivity contribution in [1.29, 1.82) is 0 Å². The van der Waals surface area contributed by atoms with Gasteiger partial charge in [-0.1, -0.05) is 19.9 Å². The van der Waals surface area contributed by atoms with Gasteiger partial charge >= 0.3 is 0 Å². The average Bonchev–Trinajstić information content (AvgIpc) is 2.29. The fraction of sp³-hybridized carbons (Fsp3) is 0.583. The van der Waals surface area contributed by atoms with Crippen LogP contribution in [0, 0.1) is 6.92 Å². The Kier molecular flexibility index (Phi) is 4.40. The molecular formula is C12H19ClN2. The van der Waals surface area contributed by atoms with Gasteiger partial charge < -0.3 is 5.32 Å². The van der Waals surface area contributed by atoms with Crippen LogP contribution < -0.4 is 5.32 Å². The quantitative estimate of drug-likeness (QED) is 0.777. The van der Waals surface area contributed by atoms with Gasteiger partial charge in [0.05, 0.1) is 5.54 Å². The summed E-state index contributed by atoms with van der Waals surface area (Å²) in [4.78, 5) is 4.34. The molecule has 1 aromatic rings. The Labute approximate surface area is 97.1 Å². The molecule has 0 fully saturated rings. The lowest BCUT2D eigenvalue weighted by molar-refractivity contribution is 0.482. The largest absolute Gasteiger partial charge is 0.363 e. The summed E-state index contributed by atoms with van der Waals surface area (Å²) in [6.45, 7) is 6.32. The van der Waals surface area contributed by atoms with E-state index >= 15 is 0 Å². The van der Waals surface area contributed by atoms with Crippen LogP contribution in [0.4, 0.5) is 5.82 Å². The van der Waals surface area contributed by atoms with Gasteiger partial charge in [-0.05, 0) is 31.4 Å². The molecule has 0 atom stereocenters. The van der Waals surface area contributed by atoms with E-state index in [4.69, 9.17) is 11.6 Å². The summed E-state index contributed by atoms with van der Waals surface area (Å²) in [5, 5.41) is 3.43. The van der Waals surface area contributed by atoms with Crippen LogP contribution in [0.5, 0.6) is 0 Å². The number of anilines is 1. The van der Waals surface area contributed by atoms with Crippen molar-refractivity contribution >= 4 is 17.4 Å². The fourth-order valence-electron chi connectivity index (χ4n) is 1.46. The summed E-state index contributed by atoms with van der Waals surface area (Å²) in [6.07, 6.45) is 3.87. The number of pyridine rings is 1. The van der Waals surface area contributed by atoms with E-state index < -0.39 is 0 Å². The van der Waals surface area contributed by atoms with Crippen LogP contribution in [0.25, 0.3) is 0 Å². The topological polar surface area (TPSA) is 24.9 Å². The molecule has 2 nitrogen and oxygen atoms in total. The average molecular weight is 227 g/mol. The monoisotopic (exact) mass is 226 g/mol. The third-order valence-corrected chi connectivity index (χ3v) is 3.43. The number of nitrogens with one attached hydrogen (secondary N) is 1. The Hall–Kier alpha value is -0.760. The Balaban J connectivity index is 2.78. The maximum Gasteiger partial charge on any atom is 0.126 e. The number of halogens is 1. The van der Waals surface area contributed by atoms with Gasteiger partial charge in [-0.25, -0.2) is 4.98 Å². The first kappa shape index (κ1) is 12.3. The van der Waals surface area contributed by atoms with Crippen LogP contribution in [0.1, 0.15) is 32.3 Å². The van der Waals surface area contributed by atoms with E-state index in [9.17, 15) is 0 Å². The van der Waals surface area contributed by atoms with E-state index in [-0.39, 0.29) is 5.54 Å². The Morgan fingerprint density at radius 3 is 2.40 bits per heavy atom. The van der Waals surface area contributed by atoms with Crippen molar-refractivity contribution in [2.45, 2.75) is 39.2 Å². The van der Waals surface area contributed by atoms with Crippen molar-refractivity contribution in [3.05, 3.63) is 23.9 Å². The first-order valence-electron chi connectivity index (χ1n) is 5.42. The summed E-state index contributed by atoms with van der Waals surface area (Å²) >= 11 is 6.02. The van der Waals surface area contributed by atoms with Gasteiger partial charge in [-0.15, -0.1) is 11.6 Å². The highest BCUT2D eigenvalue weighted by molar-refractivity contribution is 6.18. The van der Waals surface area contributed by atoms with Crippen LogP contribution in [0.3, 0.4) is 0 Å². The molecule has 0 radical (unpaired) electrons. The highest BCUT2D eigenvalue weighted by Gasteiger charge is 2.24. The third kappa shape index (κ3) is 3.10. The zero-order chi connectivity index (χ0) is 11.3. The second-order valence-corrected chi connectivity index (χ2v) is 4.23. The van der Waals surface area contributed by atoms with Gasteiger partial charge in [0, 0.05) is 12.1 Å². The minimum atomic E-state index is -0.0240. The standard InChI is InChI=1S/C12H19ClN2/c1-4-12(5-2,9-13)15-11-7-6-10(3)8-14-11/h6-8H,4-5,9H2,1-3H3,(H,14,15). The Morgan fingerprint density at radius 2 is 2.00 bits per heavy atom. The molecular weight excluding hydrogens is 208 g/mol. The van der Waals surface area contributed by atoms with E-state index in [0.717, 1.165) is 18.7 Å². The van der Waals surface area contributed by atoms with Gasteiger partial charge in [0.25, 0.3) is 0 Å². The number of aromatic nitrogens is 1. The van der Waals surface area contributed by atoms with E-state index in [1.54, 1.807) is 0 Å². The van der Waals surface area contributed by atoms with E-state index in [2.05, 4.69) is 30.2 Å². The minimum absolute atomic E-state index is 0.0240. The van der Waals surface area contributed by atoms with Crippen molar-refractivity contribution in [2.75, 3.05) is 11.2 Å². The molecule has 3 heteroatoms. The number of rotatable bonds is 5. The Bertz CT molecular complexity index is 283. The Morgan fingerprint density at radius 1 is 1.33 bits per heavy atom. The zero-order valence-electron chi connectivity index (χ0n) is 9.68. The minimum Gasteiger partial charge on any atom is -0.363 e. The van der Waals surface area contributed by atoms with Crippen LogP contribution in [0.15, 0.2) is 18.3 Å². The third-order valence-electron chi connectivity index (χ3n) is 2.91. The number of alkyl halides is 1. The van der Waals surface area contributed by atoms with Gasteiger partial charge in [-0.3, -0.25) is 0 Å². The molecule has 1 rings (SSSR count). The molecule has 0 aromatic carbocycles. The molecule has 1 aromatic heterocycles. The SMILES string of the molecule is CCC(CC)(CCl)Nc1ccc(C)cn1. The summed E-state index contributed by atoms with van der Waals surface area (Å²) in [5.41, 5.74) is 1.15. The molecule has 1 N–H and O–H groups in total. The molecule has 84 valence electrons.